The molecule has 7 heteroatoms. The average molecular weight is 253 g/mol. The number of likely N-dealkylation sites (tertiary alicyclic amines) is 1. The zero-order valence-corrected chi connectivity index (χ0v) is 9.97. The molecule has 1 aliphatic rings. The minimum atomic E-state index is -0.691. The molecule has 0 aliphatic carbocycles. The Hall–Kier alpha value is -1.89. The van der Waals surface area contributed by atoms with Gasteiger partial charge in [0.05, 0.1) is 6.10 Å². The Morgan fingerprint density at radius 3 is 2.83 bits per heavy atom. The number of carbonyl (C=O) groups is 1. The van der Waals surface area contributed by atoms with E-state index in [9.17, 15) is 19.5 Å². The van der Waals surface area contributed by atoms with E-state index in [1.54, 1.807) is 6.92 Å². The number of nitrogens with one attached hydrogen (secondary N) is 2. The molecule has 0 spiro atoms. The molecule has 2 atom stereocenters. The number of hydrogen-bond acceptors (Lipinski definition) is 4. The lowest BCUT2D eigenvalue weighted by Crippen LogP contribution is -2.36. The van der Waals surface area contributed by atoms with Crippen molar-refractivity contribution in [3.8, 4) is 0 Å². The van der Waals surface area contributed by atoms with Crippen molar-refractivity contribution >= 4 is 5.91 Å². The molecule has 0 aromatic carbocycles. The number of nitrogens with zero attached hydrogens (tertiary/aromatic N) is 1. The smallest absolute Gasteiger partial charge is 0.325 e. The highest BCUT2D eigenvalue weighted by Gasteiger charge is 2.30. The molecule has 1 fully saturated rings. The van der Waals surface area contributed by atoms with Gasteiger partial charge in [0, 0.05) is 25.2 Å². The first-order valence-electron chi connectivity index (χ1n) is 5.78. The van der Waals surface area contributed by atoms with Gasteiger partial charge in [0.1, 0.15) is 5.56 Å². The molecule has 0 radical (unpaired) electrons. The maximum Gasteiger partial charge on any atom is 0.325 e. The summed E-state index contributed by atoms with van der Waals surface area (Å²) < 4.78 is 0. The Balaban J connectivity index is 2.18. The molecule has 7 nitrogen and oxygen atoms in total. The summed E-state index contributed by atoms with van der Waals surface area (Å²) in [5.41, 5.74) is -1.41. The van der Waals surface area contributed by atoms with Crippen molar-refractivity contribution in [1.29, 1.82) is 0 Å². The van der Waals surface area contributed by atoms with Crippen LogP contribution in [0.2, 0.25) is 0 Å². The van der Waals surface area contributed by atoms with Gasteiger partial charge >= 0.3 is 5.69 Å². The van der Waals surface area contributed by atoms with Crippen LogP contribution in [0, 0.1) is 5.92 Å². The third-order valence-corrected chi connectivity index (χ3v) is 3.24. The first kappa shape index (κ1) is 12.6. The van der Waals surface area contributed by atoms with E-state index in [0.29, 0.717) is 19.5 Å². The third-order valence-electron chi connectivity index (χ3n) is 3.24. The van der Waals surface area contributed by atoms with E-state index in [2.05, 4.69) is 4.98 Å². The Kier molecular flexibility index (Phi) is 3.33. The van der Waals surface area contributed by atoms with Gasteiger partial charge in [-0.1, -0.05) is 0 Å². The Morgan fingerprint density at radius 1 is 1.56 bits per heavy atom. The number of aliphatic hydroxyl groups excluding tert-OH is 1. The van der Waals surface area contributed by atoms with E-state index in [4.69, 9.17) is 0 Å². The van der Waals surface area contributed by atoms with Crippen LogP contribution in [-0.2, 0) is 0 Å². The number of aliphatic hydroxyl groups is 1. The first-order chi connectivity index (χ1) is 8.49. The lowest BCUT2D eigenvalue weighted by Gasteiger charge is -2.17. The van der Waals surface area contributed by atoms with Crippen LogP contribution in [0.4, 0.5) is 0 Å². The predicted octanol–water partition coefficient (Wildman–Crippen LogP) is -1.09. The summed E-state index contributed by atoms with van der Waals surface area (Å²) in [5.74, 6) is -0.383. The van der Waals surface area contributed by atoms with Crippen molar-refractivity contribution in [3.05, 3.63) is 32.6 Å². The average Bonchev–Trinajstić information content (AvgIpc) is 2.77. The minimum Gasteiger partial charge on any atom is -0.393 e. The molecule has 1 aromatic heterocycles. The topological polar surface area (TPSA) is 106 Å². The second kappa shape index (κ2) is 4.77. The number of H-pyrrole nitrogens is 2. The molecule has 2 heterocycles. The van der Waals surface area contributed by atoms with Crippen LogP contribution in [0.5, 0.6) is 0 Å². The van der Waals surface area contributed by atoms with Crippen LogP contribution in [0.3, 0.4) is 0 Å². The van der Waals surface area contributed by atoms with Crippen molar-refractivity contribution < 1.29 is 9.90 Å². The third kappa shape index (κ3) is 2.35. The summed E-state index contributed by atoms with van der Waals surface area (Å²) in [7, 11) is 0. The zero-order valence-electron chi connectivity index (χ0n) is 9.97. The summed E-state index contributed by atoms with van der Waals surface area (Å²) in [4.78, 5) is 40.2. The first-order valence-corrected chi connectivity index (χ1v) is 5.78. The van der Waals surface area contributed by atoms with Crippen LogP contribution in [-0.4, -0.2) is 45.1 Å². The van der Waals surface area contributed by atoms with Gasteiger partial charge in [-0.15, -0.1) is 0 Å². The van der Waals surface area contributed by atoms with E-state index >= 15 is 0 Å². The molecular weight excluding hydrogens is 238 g/mol. The monoisotopic (exact) mass is 253 g/mol. The SMILES string of the molecule is CC(O)C1CCN(C(=O)c2c[nH]c(=O)[nH]c2=O)C1. The van der Waals surface area contributed by atoms with Gasteiger partial charge in [-0.25, -0.2) is 4.79 Å². The zero-order chi connectivity index (χ0) is 13.3. The van der Waals surface area contributed by atoms with E-state index in [1.165, 1.54) is 4.90 Å². The molecule has 0 saturated carbocycles. The quantitative estimate of drug-likeness (QED) is 0.622. The van der Waals surface area contributed by atoms with E-state index in [1.807, 2.05) is 4.98 Å². The lowest BCUT2D eigenvalue weighted by atomic mass is 10.0. The van der Waals surface area contributed by atoms with Crippen molar-refractivity contribution in [2.24, 2.45) is 5.92 Å². The maximum atomic E-state index is 12.0. The number of aromatic nitrogens is 2. The standard InChI is InChI=1S/C11H15N3O4/c1-6(15)7-2-3-14(5-7)10(17)8-4-12-11(18)13-9(8)16/h4,6-7,15H,2-3,5H2,1H3,(H2,12,13,16,18). The van der Waals surface area contributed by atoms with Crippen molar-refractivity contribution in [2.45, 2.75) is 19.4 Å². The normalized spacial score (nSPS) is 21.0. The van der Waals surface area contributed by atoms with Crippen LogP contribution >= 0.6 is 0 Å². The van der Waals surface area contributed by atoms with Crippen molar-refractivity contribution in [2.75, 3.05) is 13.1 Å². The van der Waals surface area contributed by atoms with Gasteiger partial charge in [-0.2, -0.15) is 0 Å². The van der Waals surface area contributed by atoms with Crippen LogP contribution in [0.1, 0.15) is 23.7 Å². The summed E-state index contributed by atoms with van der Waals surface area (Å²) in [6, 6.07) is 0. The molecular formula is C11H15N3O4. The predicted molar refractivity (Wildman–Crippen MR) is 63.4 cm³/mol. The van der Waals surface area contributed by atoms with Gasteiger partial charge in [0.25, 0.3) is 11.5 Å². The molecule has 18 heavy (non-hydrogen) atoms. The molecule has 1 saturated heterocycles. The Labute approximate surface area is 102 Å². The van der Waals surface area contributed by atoms with Gasteiger partial charge in [0.15, 0.2) is 0 Å². The van der Waals surface area contributed by atoms with Crippen molar-refractivity contribution in [1.82, 2.24) is 14.9 Å². The second-order valence-electron chi connectivity index (χ2n) is 4.53. The van der Waals surface area contributed by atoms with Crippen LogP contribution in [0.15, 0.2) is 15.8 Å². The molecule has 1 amide bonds. The molecule has 1 aliphatic heterocycles. The molecule has 2 unspecified atom stereocenters. The maximum absolute atomic E-state index is 12.0. The fraction of sp³-hybridized carbons (Fsp3) is 0.545. The van der Waals surface area contributed by atoms with Gasteiger partial charge < -0.3 is 15.0 Å². The Morgan fingerprint density at radius 2 is 2.28 bits per heavy atom. The number of aromatic amines is 2. The van der Waals surface area contributed by atoms with E-state index < -0.39 is 23.3 Å². The van der Waals surface area contributed by atoms with E-state index in [-0.39, 0.29) is 11.5 Å². The van der Waals surface area contributed by atoms with E-state index in [0.717, 1.165) is 6.20 Å². The second-order valence-corrected chi connectivity index (χ2v) is 4.53. The fourth-order valence-corrected chi connectivity index (χ4v) is 2.10. The van der Waals surface area contributed by atoms with Gasteiger partial charge in [-0.3, -0.25) is 14.6 Å². The van der Waals surface area contributed by atoms with Gasteiger partial charge in [-0.05, 0) is 13.3 Å². The molecule has 2 rings (SSSR count). The molecule has 1 aromatic rings. The van der Waals surface area contributed by atoms with Gasteiger partial charge in [0.2, 0.25) is 0 Å². The number of amides is 1. The molecule has 98 valence electrons. The largest absolute Gasteiger partial charge is 0.393 e. The molecule has 0 bridgehead atoms. The highest BCUT2D eigenvalue weighted by Crippen LogP contribution is 2.20. The summed E-state index contributed by atoms with van der Waals surface area (Å²) in [6.07, 6.45) is 1.36. The minimum absolute atomic E-state index is 0.0378. The number of carbonyl (C=O) groups excluding carboxylic acids is 1. The summed E-state index contributed by atoms with van der Waals surface area (Å²) >= 11 is 0. The highest BCUT2D eigenvalue weighted by atomic mass is 16.3. The summed E-state index contributed by atoms with van der Waals surface area (Å²) in [6.45, 7) is 2.62. The summed E-state index contributed by atoms with van der Waals surface area (Å²) in [5, 5.41) is 9.46. The fourth-order valence-electron chi connectivity index (χ4n) is 2.10. The lowest BCUT2D eigenvalue weighted by molar-refractivity contribution is 0.0760. The number of hydrogen-bond donors (Lipinski definition) is 3. The van der Waals surface area contributed by atoms with Crippen LogP contribution in [0.25, 0.3) is 0 Å². The Bertz CT molecular complexity index is 560. The van der Waals surface area contributed by atoms with Crippen molar-refractivity contribution in [3.63, 3.8) is 0 Å². The number of rotatable bonds is 2. The van der Waals surface area contributed by atoms with Crippen LogP contribution < -0.4 is 11.2 Å². The molecule has 3 N–H and O–H groups in total. The highest BCUT2D eigenvalue weighted by molar-refractivity contribution is 5.93.